The summed E-state index contributed by atoms with van der Waals surface area (Å²) in [6.07, 6.45) is 19.2. The van der Waals surface area contributed by atoms with Gasteiger partial charge >= 0.3 is 5.97 Å². The molecule has 4 N–H and O–H groups in total. The highest BCUT2D eigenvalue weighted by atomic mass is 16.4. The van der Waals surface area contributed by atoms with Crippen LogP contribution in [0.4, 0.5) is 11.4 Å². The van der Waals surface area contributed by atoms with E-state index in [4.69, 9.17) is 5.73 Å². The van der Waals surface area contributed by atoms with Crippen molar-refractivity contribution in [2.75, 3.05) is 25.7 Å². The van der Waals surface area contributed by atoms with Gasteiger partial charge in [0.15, 0.2) is 5.71 Å². The highest BCUT2D eigenvalue weighted by Crippen LogP contribution is 2.54. The van der Waals surface area contributed by atoms with Crippen molar-refractivity contribution in [3.63, 3.8) is 0 Å². The number of nitrogens with two attached hydrogens (primary N) is 1. The maximum absolute atomic E-state index is 12.4. The van der Waals surface area contributed by atoms with Crippen molar-refractivity contribution in [3.8, 4) is 0 Å². The third-order valence-electron chi connectivity index (χ3n) is 11.3. The third-order valence-corrected chi connectivity index (χ3v) is 11.3. The molecule has 1 amide bonds. The first-order chi connectivity index (χ1) is 25.2. The lowest BCUT2D eigenvalue weighted by molar-refractivity contribution is -0.401. The zero-order chi connectivity index (χ0) is 36.9. The smallest absolute Gasteiger partial charge is 0.303 e. The molecule has 0 aromatic heterocycles. The van der Waals surface area contributed by atoms with Crippen LogP contribution in [0.1, 0.15) is 69.9 Å². The van der Waals surface area contributed by atoms with Crippen LogP contribution in [-0.4, -0.2) is 48.0 Å². The van der Waals surface area contributed by atoms with Crippen LogP contribution in [0.25, 0.3) is 21.5 Å². The molecule has 7 heteroatoms. The van der Waals surface area contributed by atoms with E-state index in [9.17, 15) is 14.7 Å². The number of rotatable bonds is 14. The van der Waals surface area contributed by atoms with Gasteiger partial charge in [0.25, 0.3) is 0 Å². The zero-order valence-corrected chi connectivity index (χ0v) is 30.9. The summed E-state index contributed by atoms with van der Waals surface area (Å²) in [4.78, 5) is 26.1. The number of nitrogens with zero attached hydrogens (tertiary/aromatic N) is 2. The summed E-state index contributed by atoms with van der Waals surface area (Å²) in [6.45, 7) is 4.66. The monoisotopic (exact) mass is 695 g/mol. The van der Waals surface area contributed by atoms with Gasteiger partial charge in [0.1, 0.15) is 7.05 Å². The lowest BCUT2D eigenvalue weighted by atomic mass is 9.71. The molecule has 0 saturated heterocycles. The van der Waals surface area contributed by atoms with Crippen LogP contribution in [0.15, 0.2) is 121 Å². The third kappa shape index (κ3) is 6.73. The molecule has 7 nitrogen and oxygen atoms in total. The van der Waals surface area contributed by atoms with Crippen molar-refractivity contribution >= 4 is 50.5 Å². The van der Waals surface area contributed by atoms with E-state index in [0.29, 0.717) is 12.8 Å². The van der Waals surface area contributed by atoms with Crippen molar-refractivity contribution in [1.82, 2.24) is 5.32 Å². The van der Waals surface area contributed by atoms with Crippen LogP contribution in [0.5, 0.6) is 0 Å². The molecule has 0 saturated carbocycles. The second kappa shape index (κ2) is 15.5. The minimum atomic E-state index is -0.762. The van der Waals surface area contributed by atoms with Crippen molar-refractivity contribution in [2.45, 2.75) is 69.6 Å². The standard InChI is InChI=1S/C45H50N4O3/c1-5-45(30-15-23-40(50)47-31-46)39(49(4)37-28-26-33-18-12-14-20-35(33)43(37)45)22-10-8-6-7-9-21-38-44(2,29-16-24-41(51)52)42-34-19-13-11-17-32(34)25-27-36(42)48(38)3/h6-14,17-22,25-28H,5,15-16,23-24,29-31,46H2,1-4H3,(H-,47,50,51,52)/p+1. The Kier molecular flexibility index (Phi) is 10.9. The Morgan fingerprint density at radius 3 is 2.17 bits per heavy atom. The number of amides is 1. The van der Waals surface area contributed by atoms with Gasteiger partial charge in [0.05, 0.1) is 12.1 Å². The number of nitrogens with one attached hydrogen (secondary N) is 1. The summed E-state index contributed by atoms with van der Waals surface area (Å²) in [5.41, 5.74) is 12.4. The fourth-order valence-electron chi connectivity index (χ4n) is 8.81. The van der Waals surface area contributed by atoms with Crippen molar-refractivity contribution in [1.29, 1.82) is 0 Å². The molecule has 0 bridgehead atoms. The van der Waals surface area contributed by atoms with E-state index in [1.54, 1.807) is 0 Å². The molecule has 2 atom stereocenters. The Morgan fingerprint density at radius 2 is 1.48 bits per heavy atom. The largest absolute Gasteiger partial charge is 0.481 e. The van der Waals surface area contributed by atoms with Gasteiger partial charge in [0, 0.05) is 54.4 Å². The molecule has 0 fully saturated rings. The highest BCUT2D eigenvalue weighted by Gasteiger charge is 2.47. The van der Waals surface area contributed by atoms with Crippen LogP contribution in [0, 0.1) is 0 Å². The molecule has 6 rings (SSSR count). The summed E-state index contributed by atoms with van der Waals surface area (Å²) in [5, 5.41) is 17.1. The molecular weight excluding hydrogens is 645 g/mol. The molecule has 0 spiro atoms. The molecule has 2 unspecified atom stereocenters. The maximum Gasteiger partial charge on any atom is 0.303 e. The van der Waals surface area contributed by atoms with Gasteiger partial charge in [-0.05, 0) is 84.3 Å². The van der Waals surface area contributed by atoms with Gasteiger partial charge in [-0.3, -0.25) is 9.59 Å². The molecule has 0 aliphatic carbocycles. The van der Waals surface area contributed by atoms with Gasteiger partial charge in [-0.2, -0.15) is 4.58 Å². The minimum absolute atomic E-state index is 0.0124. The van der Waals surface area contributed by atoms with Crippen LogP contribution in [0.2, 0.25) is 0 Å². The van der Waals surface area contributed by atoms with Crippen LogP contribution in [0.3, 0.4) is 0 Å². The number of carboxylic acids is 1. The number of allylic oxidation sites excluding steroid dienone is 8. The van der Waals surface area contributed by atoms with E-state index in [0.717, 1.165) is 31.4 Å². The summed E-state index contributed by atoms with van der Waals surface area (Å²) >= 11 is 0. The number of benzene rings is 4. The van der Waals surface area contributed by atoms with Crippen LogP contribution < -0.4 is 16.0 Å². The summed E-state index contributed by atoms with van der Waals surface area (Å²) in [5.74, 6) is -0.774. The second-order valence-corrected chi connectivity index (χ2v) is 14.2. The number of fused-ring (bicyclic) bond motifs is 6. The van der Waals surface area contributed by atoms with Crippen LogP contribution in [-0.2, 0) is 20.4 Å². The first-order valence-corrected chi connectivity index (χ1v) is 18.5. The van der Waals surface area contributed by atoms with Crippen molar-refractivity contribution in [3.05, 3.63) is 132 Å². The van der Waals surface area contributed by atoms with E-state index in [-0.39, 0.29) is 29.8 Å². The number of carbonyl (C=O) groups is 2. The molecular formula is C45H51N4O3+. The predicted molar refractivity (Wildman–Crippen MR) is 215 cm³/mol. The normalized spacial score (nSPS) is 20.7. The van der Waals surface area contributed by atoms with E-state index in [2.05, 4.69) is 158 Å². The maximum atomic E-state index is 12.4. The molecule has 4 aromatic rings. The summed E-state index contributed by atoms with van der Waals surface area (Å²) < 4.78 is 2.26. The van der Waals surface area contributed by atoms with Crippen LogP contribution >= 0.6 is 0 Å². The molecule has 4 aromatic carbocycles. The Balaban J connectivity index is 1.27. The molecule has 0 radical (unpaired) electrons. The van der Waals surface area contributed by atoms with Gasteiger partial charge in [-0.25, -0.2) is 0 Å². The first-order valence-electron chi connectivity index (χ1n) is 18.5. The summed E-state index contributed by atoms with van der Waals surface area (Å²) in [7, 11) is 4.25. The number of aliphatic carboxylic acids is 1. The van der Waals surface area contributed by atoms with Crippen molar-refractivity contribution in [2.24, 2.45) is 5.73 Å². The average Bonchev–Trinajstić information content (AvgIpc) is 3.51. The lowest BCUT2D eigenvalue weighted by Gasteiger charge is -2.32. The molecule has 2 aliphatic rings. The molecule has 2 aliphatic heterocycles. The Labute approximate surface area is 307 Å². The number of carbonyl (C=O) groups excluding carboxylic acids is 1. The Hall–Kier alpha value is -5.27. The van der Waals surface area contributed by atoms with E-state index >= 15 is 0 Å². The number of carboxylic acid groups (broad SMARTS) is 1. The zero-order valence-electron chi connectivity index (χ0n) is 30.9. The SMILES string of the molecule is CCC1(CCCC(=O)NCN)\C(=C/C=C/C=C/C=C/C2=[N+](C)c3ccc4ccccc4c3C2(C)CCCC(=O)O)N(C)c2ccc3ccccc3c21. The fraction of sp³-hybridized carbons (Fsp3) is 0.311. The highest BCUT2D eigenvalue weighted by molar-refractivity contribution is 6.08. The minimum Gasteiger partial charge on any atom is -0.481 e. The number of hydrogen-bond donors (Lipinski definition) is 3. The predicted octanol–water partition coefficient (Wildman–Crippen LogP) is 8.79. The Morgan fingerprint density at radius 1 is 0.846 bits per heavy atom. The molecule has 268 valence electrons. The molecule has 52 heavy (non-hydrogen) atoms. The first kappa shape index (κ1) is 36.5. The quantitative estimate of drug-likeness (QED) is 0.0696. The number of hydrogen-bond acceptors (Lipinski definition) is 4. The van der Waals surface area contributed by atoms with E-state index in [1.165, 1.54) is 49.7 Å². The van der Waals surface area contributed by atoms with Gasteiger partial charge in [0.2, 0.25) is 11.6 Å². The fourth-order valence-corrected chi connectivity index (χ4v) is 8.81. The van der Waals surface area contributed by atoms with Gasteiger partial charge in [-0.1, -0.05) is 91.9 Å². The number of likely N-dealkylation sites (N-methyl/N-ethyl adjacent to an activating group) is 1. The van der Waals surface area contributed by atoms with Crippen molar-refractivity contribution < 1.29 is 19.3 Å². The van der Waals surface area contributed by atoms with Gasteiger partial charge in [-0.15, -0.1) is 0 Å². The topological polar surface area (TPSA) is 98.7 Å². The average molecular weight is 696 g/mol. The Bertz CT molecular complexity index is 2160. The van der Waals surface area contributed by atoms with E-state index < -0.39 is 5.97 Å². The number of anilines is 1. The molecule has 2 heterocycles. The summed E-state index contributed by atoms with van der Waals surface area (Å²) in [6, 6.07) is 25.8. The van der Waals surface area contributed by atoms with Gasteiger partial charge < -0.3 is 21.1 Å². The second-order valence-electron chi connectivity index (χ2n) is 14.2. The van der Waals surface area contributed by atoms with E-state index in [1.807, 2.05) is 0 Å². The lowest BCUT2D eigenvalue weighted by Crippen LogP contribution is -2.31.